The molecule has 6 nitrogen and oxygen atoms in total. The summed E-state index contributed by atoms with van der Waals surface area (Å²) in [6.45, 7) is 2.10. The topological polar surface area (TPSA) is 70.5 Å². The molecule has 0 amide bonds. The smallest absolute Gasteiger partial charge is 0.204 e. The highest BCUT2D eigenvalue weighted by Gasteiger charge is 2.23. The van der Waals surface area contributed by atoms with Crippen molar-refractivity contribution in [1.29, 1.82) is 0 Å². The van der Waals surface area contributed by atoms with Gasteiger partial charge in [-0.3, -0.25) is 9.78 Å². The Bertz CT molecular complexity index is 1020. The maximum absolute atomic E-state index is 13.1. The Morgan fingerprint density at radius 3 is 2.41 bits per heavy atom. The second-order valence-corrected chi connectivity index (χ2v) is 7.88. The fourth-order valence-electron chi connectivity index (χ4n) is 2.74. The number of ether oxygens (including phenoxy) is 3. The van der Waals surface area contributed by atoms with Crippen LogP contribution in [-0.2, 0) is 13.0 Å². The summed E-state index contributed by atoms with van der Waals surface area (Å²) in [7, 11) is 3.01. The minimum atomic E-state index is -0.231. The fraction of sp³-hybridized carbons (Fsp3) is 0.250. The molecule has 0 aliphatic heterocycles. The Hall–Kier alpha value is -2.35. The van der Waals surface area contributed by atoms with Crippen molar-refractivity contribution < 1.29 is 19.0 Å². The Kier molecular flexibility index (Phi) is 6.95. The molecule has 0 atom stereocenters. The number of aryl methyl sites for hydroxylation is 1. The molecule has 152 valence electrons. The zero-order valence-electron chi connectivity index (χ0n) is 16.0. The predicted molar refractivity (Wildman–Crippen MR) is 113 cm³/mol. The average molecular weight is 453 g/mol. The van der Waals surface area contributed by atoms with Crippen molar-refractivity contribution in [2.75, 3.05) is 14.2 Å². The lowest BCUT2D eigenvalue weighted by atomic mass is 10.0. The number of rotatable bonds is 8. The normalized spacial score (nSPS) is 10.7. The van der Waals surface area contributed by atoms with Crippen molar-refractivity contribution >= 4 is 40.3 Å². The Morgan fingerprint density at radius 2 is 1.83 bits per heavy atom. The Balaban J connectivity index is 1.97. The van der Waals surface area contributed by atoms with Crippen LogP contribution in [-0.4, -0.2) is 30.0 Å². The first-order valence-electron chi connectivity index (χ1n) is 8.54. The summed E-state index contributed by atoms with van der Waals surface area (Å²) >= 11 is 13.9. The fourth-order valence-corrected chi connectivity index (χ4v) is 3.84. The van der Waals surface area contributed by atoms with Gasteiger partial charge in [-0.15, -0.1) is 11.3 Å². The number of nitrogens with zero attached hydrogens (tertiary/aromatic N) is 2. The second-order valence-electron chi connectivity index (χ2n) is 6.01. The highest BCUT2D eigenvalue weighted by molar-refractivity contribution is 7.09. The van der Waals surface area contributed by atoms with E-state index in [9.17, 15) is 4.79 Å². The SMILES string of the molecule is COc1ccc(C(=O)Cc2c(Cl)cncc2Cl)c(OCc2csc(C)n2)c1OC. The van der Waals surface area contributed by atoms with Gasteiger partial charge >= 0.3 is 0 Å². The van der Waals surface area contributed by atoms with Crippen LogP contribution in [0.15, 0.2) is 29.9 Å². The number of benzene rings is 1. The third-order valence-corrected chi connectivity index (χ3v) is 5.59. The summed E-state index contributed by atoms with van der Waals surface area (Å²) in [4.78, 5) is 21.4. The van der Waals surface area contributed by atoms with Gasteiger partial charge in [-0.05, 0) is 19.1 Å². The van der Waals surface area contributed by atoms with Gasteiger partial charge in [0, 0.05) is 29.8 Å². The van der Waals surface area contributed by atoms with Gasteiger partial charge in [-0.25, -0.2) is 4.98 Å². The summed E-state index contributed by atoms with van der Waals surface area (Å²) in [6.07, 6.45) is 2.89. The van der Waals surface area contributed by atoms with E-state index in [0.29, 0.717) is 32.7 Å². The van der Waals surface area contributed by atoms with E-state index in [1.807, 2.05) is 12.3 Å². The van der Waals surface area contributed by atoms with Gasteiger partial charge in [0.2, 0.25) is 5.75 Å². The minimum absolute atomic E-state index is 0.0121. The molecule has 3 aromatic rings. The van der Waals surface area contributed by atoms with E-state index < -0.39 is 0 Å². The second kappa shape index (κ2) is 9.43. The molecular weight excluding hydrogens is 435 g/mol. The third kappa shape index (κ3) is 4.80. The third-order valence-electron chi connectivity index (χ3n) is 4.12. The van der Waals surface area contributed by atoms with Gasteiger partial charge in [0.1, 0.15) is 6.61 Å². The first-order valence-corrected chi connectivity index (χ1v) is 10.2. The van der Waals surface area contributed by atoms with E-state index >= 15 is 0 Å². The molecule has 0 aliphatic rings. The quantitative estimate of drug-likeness (QED) is 0.438. The summed E-state index contributed by atoms with van der Waals surface area (Å²) < 4.78 is 16.8. The minimum Gasteiger partial charge on any atom is -0.493 e. The van der Waals surface area contributed by atoms with Crippen LogP contribution in [0, 0.1) is 6.92 Å². The van der Waals surface area contributed by atoms with Gasteiger partial charge in [0.15, 0.2) is 17.3 Å². The molecule has 0 radical (unpaired) electrons. The van der Waals surface area contributed by atoms with Crippen LogP contribution in [0.1, 0.15) is 26.6 Å². The largest absolute Gasteiger partial charge is 0.493 e. The number of carbonyl (C=O) groups is 1. The average Bonchev–Trinajstić information content (AvgIpc) is 3.13. The van der Waals surface area contributed by atoms with Gasteiger partial charge in [-0.1, -0.05) is 23.2 Å². The maximum Gasteiger partial charge on any atom is 0.204 e. The first-order chi connectivity index (χ1) is 13.9. The van der Waals surface area contributed by atoms with Gasteiger partial charge in [0.25, 0.3) is 0 Å². The van der Waals surface area contributed by atoms with Crippen LogP contribution in [0.4, 0.5) is 0 Å². The van der Waals surface area contributed by atoms with E-state index in [0.717, 1.165) is 10.7 Å². The number of aromatic nitrogens is 2. The maximum atomic E-state index is 13.1. The van der Waals surface area contributed by atoms with Crippen LogP contribution >= 0.6 is 34.5 Å². The first kappa shape index (κ1) is 21.4. The number of methoxy groups -OCH3 is 2. The molecule has 2 heterocycles. The molecule has 0 aliphatic carbocycles. The lowest BCUT2D eigenvalue weighted by Gasteiger charge is -2.17. The van der Waals surface area contributed by atoms with E-state index in [4.69, 9.17) is 37.4 Å². The summed E-state index contributed by atoms with van der Waals surface area (Å²) in [6, 6.07) is 3.29. The van der Waals surface area contributed by atoms with Crippen molar-refractivity contribution in [2.24, 2.45) is 0 Å². The van der Waals surface area contributed by atoms with Crippen molar-refractivity contribution in [3.63, 3.8) is 0 Å². The monoisotopic (exact) mass is 452 g/mol. The summed E-state index contributed by atoms with van der Waals surface area (Å²) in [5, 5.41) is 3.48. The number of hydrogen-bond acceptors (Lipinski definition) is 7. The standard InChI is InChI=1S/C20H18Cl2N2O4S/c1-11-24-12(10-29-11)9-28-19-13(4-5-18(26-2)20(19)27-3)17(25)6-14-15(21)7-23-8-16(14)22/h4-5,7-8,10H,6,9H2,1-3H3. The van der Waals surface area contributed by atoms with Crippen molar-refractivity contribution in [3.8, 4) is 17.2 Å². The molecule has 0 spiro atoms. The summed E-state index contributed by atoms with van der Waals surface area (Å²) in [5.74, 6) is 0.833. The molecule has 0 saturated heterocycles. The van der Waals surface area contributed by atoms with E-state index in [2.05, 4.69) is 9.97 Å². The zero-order valence-corrected chi connectivity index (χ0v) is 18.3. The molecular formula is C20H18Cl2N2O4S. The number of thiazole rings is 1. The van der Waals surface area contributed by atoms with E-state index in [-0.39, 0.29) is 24.6 Å². The van der Waals surface area contributed by atoms with Crippen LogP contribution in [0.5, 0.6) is 17.2 Å². The highest BCUT2D eigenvalue weighted by atomic mass is 35.5. The van der Waals surface area contributed by atoms with Crippen LogP contribution < -0.4 is 14.2 Å². The van der Waals surface area contributed by atoms with Gasteiger partial charge in [-0.2, -0.15) is 0 Å². The number of pyridine rings is 1. The lowest BCUT2D eigenvalue weighted by Crippen LogP contribution is -2.10. The molecule has 0 fully saturated rings. The van der Waals surface area contributed by atoms with Gasteiger partial charge in [0.05, 0.1) is 40.5 Å². The van der Waals surface area contributed by atoms with E-state index in [1.165, 1.54) is 38.0 Å². The number of hydrogen-bond donors (Lipinski definition) is 0. The van der Waals surface area contributed by atoms with E-state index in [1.54, 1.807) is 12.1 Å². The molecule has 0 bridgehead atoms. The molecule has 29 heavy (non-hydrogen) atoms. The highest BCUT2D eigenvalue weighted by Crippen LogP contribution is 2.41. The molecule has 0 N–H and O–H groups in total. The molecule has 0 unspecified atom stereocenters. The molecule has 3 rings (SSSR count). The Morgan fingerprint density at radius 1 is 1.10 bits per heavy atom. The predicted octanol–water partition coefficient (Wildman–Crippen LogP) is 5.17. The van der Waals surface area contributed by atoms with Crippen molar-refractivity contribution in [1.82, 2.24) is 9.97 Å². The van der Waals surface area contributed by atoms with Crippen molar-refractivity contribution in [3.05, 3.63) is 61.8 Å². The van der Waals surface area contributed by atoms with Crippen LogP contribution in [0.25, 0.3) is 0 Å². The number of halogens is 2. The van der Waals surface area contributed by atoms with Crippen molar-refractivity contribution in [2.45, 2.75) is 20.0 Å². The molecule has 1 aromatic carbocycles. The van der Waals surface area contributed by atoms with Gasteiger partial charge < -0.3 is 14.2 Å². The Labute approximate surface area is 182 Å². The zero-order chi connectivity index (χ0) is 21.0. The number of ketones is 1. The van der Waals surface area contributed by atoms with Crippen LogP contribution in [0.2, 0.25) is 10.0 Å². The number of Topliss-reactive ketones (excluding diaryl/α,β-unsaturated/α-hetero) is 1. The number of carbonyl (C=O) groups excluding carboxylic acids is 1. The molecule has 2 aromatic heterocycles. The molecule has 0 saturated carbocycles. The lowest BCUT2D eigenvalue weighted by molar-refractivity contribution is 0.0987. The summed E-state index contributed by atoms with van der Waals surface area (Å²) in [5.41, 5.74) is 1.60. The van der Waals surface area contributed by atoms with Crippen LogP contribution in [0.3, 0.4) is 0 Å². The molecule has 9 heteroatoms.